The van der Waals surface area contributed by atoms with Gasteiger partial charge >= 0.3 is 26.1 Å². The van der Waals surface area contributed by atoms with Crippen LogP contribution in [0.1, 0.15) is 64.9 Å². The second-order valence-electron chi connectivity index (χ2n) is 16.3. The highest BCUT2D eigenvalue weighted by atomic mass is 31.2. The van der Waals surface area contributed by atoms with Gasteiger partial charge in [-0.3, -0.25) is 62.6 Å². The standard InChI is InChI=1S/C39H63N12O19P/c1-17(2)30(51-36(63)26(16-52)50-33(60)23(10-11-28(54)55)46-31(58)21(40)14-27(41)53)37(64)49-25(15-29(56)57)35(62)48-24(13-19-6-8-20(9-7-19)70-71(67,68)69)34(61)47-22(5-4-12-44-39(42)43)32(59)45-18(3)38(65)66/h6-9,17-18,21-26,30,39,44,52,67-69H,4-5,10-16,40,42-43H2,1-3H3,(H11-,41,45,46,47,48,49,50,51,53,54,55,56,57,58,59,60,61,62,63,64,65,66)/p+2/t18-,21-,22-,23-,24-,25-,26-,30-/m0/s1. The van der Waals surface area contributed by atoms with Crippen LogP contribution in [0.3, 0.4) is 0 Å². The summed E-state index contributed by atoms with van der Waals surface area (Å²) in [6.07, 6.45) is -4.31. The Kier molecular flexibility index (Phi) is 26.4. The van der Waals surface area contributed by atoms with Crippen molar-refractivity contribution >= 4 is 73.3 Å². The highest BCUT2D eigenvalue weighted by molar-refractivity contribution is 7.53. The van der Waals surface area contributed by atoms with Gasteiger partial charge in [-0.15, -0.1) is 0 Å². The van der Waals surface area contributed by atoms with Crippen molar-refractivity contribution < 1.29 is 98.1 Å². The zero-order valence-corrected chi connectivity index (χ0v) is 39.8. The lowest BCUT2D eigenvalue weighted by Crippen LogP contribution is -2.70. The zero-order valence-electron chi connectivity index (χ0n) is 38.9. The molecule has 8 atom stereocenters. The molecule has 0 saturated heterocycles. The van der Waals surface area contributed by atoms with Crippen LogP contribution in [0.2, 0.25) is 0 Å². The minimum Gasteiger partial charge on any atom is -0.481 e. The molecule has 0 radical (unpaired) electrons. The number of rotatable bonds is 33. The fourth-order valence-electron chi connectivity index (χ4n) is 6.10. The van der Waals surface area contributed by atoms with Crippen LogP contribution in [0.5, 0.6) is 5.75 Å². The molecule has 0 aliphatic rings. The Morgan fingerprint density at radius 1 is 0.634 bits per heavy atom. The second-order valence-corrected chi connectivity index (χ2v) is 17.5. The molecule has 398 valence electrons. The number of carboxylic acid groups (broad SMARTS) is 3. The molecule has 0 fully saturated rings. The van der Waals surface area contributed by atoms with Crippen LogP contribution in [0.15, 0.2) is 24.3 Å². The van der Waals surface area contributed by atoms with Crippen molar-refractivity contribution in [2.45, 2.75) is 120 Å². The number of carboxylic acids is 3. The summed E-state index contributed by atoms with van der Waals surface area (Å²) in [5, 5.41) is 56.8. The van der Waals surface area contributed by atoms with E-state index in [-0.39, 0.29) is 30.7 Å². The van der Waals surface area contributed by atoms with Crippen LogP contribution in [-0.4, -0.2) is 168 Å². The predicted molar refractivity (Wildman–Crippen MR) is 242 cm³/mol. The molecule has 0 bridgehead atoms. The monoisotopic (exact) mass is 1040 g/mol. The van der Waals surface area contributed by atoms with Crippen molar-refractivity contribution in [1.29, 1.82) is 0 Å². The molecule has 71 heavy (non-hydrogen) atoms. The van der Waals surface area contributed by atoms with E-state index in [9.17, 15) is 87.8 Å². The Bertz CT molecular complexity index is 2040. The number of carbonyl (C=O) groups excluding carboxylic acids is 8. The number of amides is 8. The molecule has 1 aromatic carbocycles. The third kappa shape index (κ3) is 24.6. The number of aliphatic hydroxyl groups is 1. The van der Waals surface area contributed by atoms with E-state index in [1.54, 1.807) is 0 Å². The molecule has 0 aliphatic carbocycles. The summed E-state index contributed by atoms with van der Waals surface area (Å²) >= 11 is 0. The predicted octanol–water partition coefficient (Wildman–Crippen LogP) is -8.20. The SMILES string of the molecule is CC(C)[C@H](NC(=O)[C@H](CO)NC(=O)[C@H](CCC(=O)O)NC(=O)[C@@H]([NH3+])CC(N)=O)C(=O)N[C@@H](CC(=O)O)C(=O)N[C@@H](Cc1ccc(O[P+](O)(O)O)cc1)C(=O)N[C@@H](CCCNC(N)N)C(=O)N[C@@H](C)C(=O)O. The Hall–Kier alpha value is -6.70. The molecule has 0 aromatic heterocycles. The molecule has 1 aromatic rings. The van der Waals surface area contributed by atoms with Crippen molar-refractivity contribution in [3.63, 3.8) is 0 Å². The minimum atomic E-state index is -4.75. The maximum absolute atomic E-state index is 14.0. The fraction of sp³-hybridized carbons (Fsp3) is 0.564. The number of nitrogens with two attached hydrogens (primary N) is 3. The van der Waals surface area contributed by atoms with Gasteiger partial charge in [-0.25, -0.2) is 0 Å². The Balaban J connectivity index is 3.53. The summed E-state index contributed by atoms with van der Waals surface area (Å²) in [4.78, 5) is 168. The number of aliphatic carboxylic acids is 3. The third-order valence-corrected chi connectivity index (χ3v) is 10.3. The lowest BCUT2D eigenvalue weighted by Gasteiger charge is -2.28. The van der Waals surface area contributed by atoms with E-state index in [1.165, 1.54) is 26.0 Å². The summed E-state index contributed by atoms with van der Waals surface area (Å²) < 4.78 is 4.64. The molecule has 0 spiro atoms. The van der Waals surface area contributed by atoms with Gasteiger partial charge in [0.05, 0.1) is 19.4 Å². The van der Waals surface area contributed by atoms with Gasteiger partial charge in [0.15, 0.2) is 11.8 Å². The lowest BCUT2D eigenvalue weighted by molar-refractivity contribution is -0.402. The largest absolute Gasteiger partial charge is 0.613 e. The maximum Gasteiger partial charge on any atom is 0.613 e. The van der Waals surface area contributed by atoms with E-state index >= 15 is 0 Å². The third-order valence-electron chi connectivity index (χ3n) is 9.81. The smallest absolute Gasteiger partial charge is 0.481 e. The number of benzene rings is 1. The molecule has 31 nitrogen and oxygen atoms in total. The molecule has 0 unspecified atom stereocenters. The van der Waals surface area contributed by atoms with Crippen molar-refractivity contribution in [3.05, 3.63) is 29.8 Å². The van der Waals surface area contributed by atoms with Gasteiger partial charge in [-0.2, -0.15) is 14.7 Å². The number of quaternary nitrogens is 1. The highest BCUT2D eigenvalue weighted by Crippen LogP contribution is 2.45. The quantitative estimate of drug-likeness (QED) is 0.0177. The number of hydrogen-bond donors (Lipinski definition) is 19. The van der Waals surface area contributed by atoms with Crippen molar-refractivity contribution in [2.24, 2.45) is 23.1 Å². The lowest BCUT2D eigenvalue weighted by atomic mass is 10.0. The van der Waals surface area contributed by atoms with E-state index < -0.39 is 173 Å². The normalized spacial score (nSPS) is 14.7. The Labute approximate surface area is 405 Å². The highest BCUT2D eigenvalue weighted by Gasteiger charge is 2.37. The van der Waals surface area contributed by atoms with E-state index in [0.29, 0.717) is 0 Å². The van der Waals surface area contributed by atoms with Crippen molar-refractivity contribution in [3.8, 4) is 5.75 Å². The van der Waals surface area contributed by atoms with Crippen LogP contribution < -0.4 is 70.0 Å². The first-order chi connectivity index (χ1) is 32.9. The average Bonchev–Trinajstić information content (AvgIpc) is 3.25. The molecule has 0 heterocycles. The van der Waals surface area contributed by atoms with Gasteiger partial charge < -0.3 is 80.6 Å². The Morgan fingerprint density at radius 3 is 1.63 bits per heavy atom. The fourth-order valence-corrected chi connectivity index (χ4v) is 6.50. The average molecular weight is 1040 g/mol. The number of hydrogen-bond acceptors (Lipinski definition) is 19. The van der Waals surface area contributed by atoms with Crippen LogP contribution in [-0.2, 0) is 59.2 Å². The van der Waals surface area contributed by atoms with Gasteiger partial charge in [-0.1, -0.05) is 26.0 Å². The summed E-state index contributed by atoms with van der Waals surface area (Å²) in [5.74, 6) is -14.4. The topological polar surface area (TPSA) is 541 Å². The maximum atomic E-state index is 14.0. The number of carbonyl (C=O) groups is 11. The van der Waals surface area contributed by atoms with Crippen LogP contribution >= 0.6 is 8.17 Å². The molecule has 0 aliphatic heterocycles. The number of aliphatic hydroxyl groups excluding tert-OH is 1. The molecule has 32 heteroatoms. The van der Waals surface area contributed by atoms with Crippen LogP contribution in [0, 0.1) is 5.92 Å². The molecule has 1 rings (SSSR count). The first-order valence-corrected chi connectivity index (χ1v) is 23.1. The zero-order chi connectivity index (χ0) is 54.3. The van der Waals surface area contributed by atoms with Crippen molar-refractivity contribution in [1.82, 2.24) is 42.5 Å². The molecular weight excluding hydrogens is 971 g/mol. The first-order valence-electron chi connectivity index (χ1n) is 21.6. The molecule has 0 saturated carbocycles. The second kappa shape index (κ2) is 30.1. The first kappa shape index (κ1) is 62.3. The van der Waals surface area contributed by atoms with E-state index in [0.717, 1.165) is 19.1 Å². The van der Waals surface area contributed by atoms with E-state index in [2.05, 4.69) is 52.8 Å². The van der Waals surface area contributed by atoms with Gasteiger partial charge in [-0.05, 0) is 56.3 Å². The molecular formula is C39H65N12O19P+2. The number of primary amides is 1. The summed E-state index contributed by atoms with van der Waals surface area (Å²) in [5.41, 5.74) is 19.8. The molecule has 24 N–H and O–H groups in total. The summed E-state index contributed by atoms with van der Waals surface area (Å²) in [6, 6.07) is -8.27. The van der Waals surface area contributed by atoms with E-state index in [4.69, 9.17) is 17.2 Å². The minimum absolute atomic E-state index is 0.121. The van der Waals surface area contributed by atoms with Gasteiger partial charge in [0.2, 0.25) is 41.4 Å². The van der Waals surface area contributed by atoms with Gasteiger partial charge in [0.1, 0.15) is 48.6 Å². The summed E-state index contributed by atoms with van der Waals surface area (Å²) in [6.45, 7) is 2.96. The van der Waals surface area contributed by atoms with Crippen LogP contribution in [0.4, 0.5) is 0 Å². The van der Waals surface area contributed by atoms with Gasteiger partial charge in [0.25, 0.3) is 5.91 Å². The van der Waals surface area contributed by atoms with E-state index in [1.807, 2.05) is 0 Å². The number of nitrogens with one attached hydrogen (secondary N) is 8. The molecule has 8 amide bonds. The van der Waals surface area contributed by atoms with Crippen molar-refractivity contribution in [2.75, 3.05) is 13.2 Å². The Morgan fingerprint density at radius 2 is 1.13 bits per heavy atom. The van der Waals surface area contributed by atoms with Crippen LogP contribution in [0.25, 0.3) is 0 Å². The van der Waals surface area contributed by atoms with Gasteiger partial charge in [0, 0.05) is 12.8 Å². The summed E-state index contributed by atoms with van der Waals surface area (Å²) in [7, 11) is -4.75.